The molecule has 3 rings (SSSR count). The van der Waals surface area contributed by atoms with Crippen molar-refractivity contribution in [2.24, 2.45) is 5.73 Å². The molecule has 1 heterocycles. The molecule has 8 nitrogen and oxygen atoms in total. The van der Waals surface area contributed by atoms with Crippen molar-refractivity contribution < 1.29 is 14.4 Å². The van der Waals surface area contributed by atoms with E-state index < -0.39 is 17.7 Å². The van der Waals surface area contributed by atoms with Gasteiger partial charge in [0.15, 0.2) is 0 Å². The number of rotatable bonds is 6. The van der Waals surface area contributed by atoms with E-state index in [4.69, 9.17) is 5.73 Å². The fraction of sp³-hybridized carbons (Fsp3) is 0.143. The van der Waals surface area contributed by atoms with Gasteiger partial charge >= 0.3 is 6.03 Å². The maximum absolute atomic E-state index is 12.7. The molecule has 0 aliphatic carbocycles. The number of carbonyl (C=O) groups is 3. The number of urea groups is 1. The number of carbonyl (C=O) groups excluding carboxylic acids is 3. The minimum Gasteiger partial charge on any atom is -0.351 e. The lowest BCUT2D eigenvalue weighted by Gasteiger charge is -2.07. The Labute approximate surface area is 167 Å². The number of hydrogen-bond donors (Lipinski definition) is 3. The zero-order valence-corrected chi connectivity index (χ0v) is 16.1. The van der Waals surface area contributed by atoms with Crippen molar-refractivity contribution in [3.05, 3.63) is 77.1 Å². The number of para-hydroxylation sites is 1. The molecule has 0 spiro atoms. The van der Waals surface area contributed by atoms with Crippen LogP contribution in [0.15, 0.2) is 54.6 Å². The van der Waals surface area contributed by atoms with Crippen molar-refractivity contribution in [1.29, 1.82) is 0 Å². The molecule has 3 aromatic rings. The molecule has 0 fully saturated rings. The number of aromatic nitrogens is 2. The van der Waals surface area contributed by atoms with E-state index in [1.54, 1.807) is 42.8 Å². The summed E-state index contributed by atoms with van der Waals surface area (Å²) in [6.07, 6.45) is 0. The van der Waals surface area contributed by atoms with Crippen LogP contribution in [0, 0.1) is 13.8 Å². The SMILES string of the molecule is Cc1nn(-c2ccccc2)c(C)c1C(=O)C(=O)NCc1ccc(NC(N)=O)cc1. The van der Waals surface area contributed by atoms with Crippen molar-refractivity contribution in [2.75, 3.05) is 5.32 Å². The molecular formula is C21H21N5O3. The van der Waals surface area contributed by atoms with Crippen molar-refractivity contribution in [3.63, 3.8) is 0 Å². The summed E-state index contributed by atoms with van der Waals surface area (Å²) in [5, 5.41) is 9.48. The van der Waals surface area contributed by atoms with Gasteiger partial charge in [-0.05, 0) is 43.7 Å². The Hall–Kier alpha value is -3.94. The fourth-order valence-corrected chi connectivity index (χ4v) is 3.02. The number of benzene rings is 2. The number of amides is 3. The van der Waals surface area contributed by atoms with E-state index in [0.717, 1.165) is 11.3 Å². The first-order chi connectivity index (χ1) is 13.9. The minimum atomic E-state index is -0.705. The number of nitrogens with two attached hydrogens (primary N) is 1. The molecule has 148 valence electrons. The van der Waals surface area contributed by atoms with Crippen LogP contribution in [0.5, 0.6) is 0 Å². The number of hydrogen-bond acceptors (Lipinski definition) is 4. The summed E-state index contributed by atoms with van der Waals surface area (Å²) in [5.41, 5.74) is 8.60. The maximum atomic E-state index is 12.7. The van der Waals surface area contributed by atoms with Crippen molar-refractivity contribution in [2.45, 2.75) is 20.4 Å². The van der Waals surface area contributed by atoms with Gasteiger partial charge in [0.25, 0.3) is 11.7 Å². The Kier molecular flexibility index (Phi) is 5.73. The number of nitrogens with zero attached hydrogens (tertiary/aromatic N) is 2. The normalized spacial score (nSPS) is 10.4. The lowest BCUT2D eigenvalue weighted by molar-refractivity contribution is -0.117. The molecule has 2 aromatic carbocycles. The Bertz CT molecular complexity index is 1060. The number of aryl methyl sites for hydroxylation is 1. The maximum Gasteiger partial charge on any atom is 0.316 e. The smallest absolute Gasteiger partial charge is 0.316 e. The second-order valence-electron chi connectivity index (χ2n) is 6.49. The van der Waals surface area contributed by atoms with Gasteiger partial charge in [0.05, 0.1) is 22.6 Å². The molecule has 0 aliphatic rings. The highest BCUT2D eigenvalue weighted by Crippen LogP contribution is 2.18. The third-order valence-electron chi connectivity index (χ3n) is 4.40. The molecule has 0 aliphatic heterocycles. The van der Waals surface area contributed by atoms with Gasteiger partial charge in [0.1, 0.15) is 0 Å². The molecule has 0 atom stereocenters. The number of anilines is 1. The van der Waals surface area contributed by atoms with Gasteiger partial charge in [-0.25, -0.2) is 9.48 Å². The molecule has 0 unspecified atom stereocenters. The Morgan fingerprint density at radius 2 is 1.66 bits per heavy atom. The van der Waals surface area contributed by atoms with E-state index in [-0.39, 0.29) is 6.54 Å². The number of primary amides is 1. The molecule has 1 aromatic heterocycles. The van der Waals surface area contributed by atoms with E-state index >= 15 is 0 Å². The first-order valence-corrected chi connectivity index (χ1v) is 8.96. The van der Waals surface area contributed by atoms with Crippen LogP contribution in [0.25, 0.3) is 5.69 Å². The number of Topliss-reactive ketones (excluding diaryl/α,β-unsaturated/α-hetero) is 1. The second-order valence-corrected chi connectivity index (χ2v) is 6.49. The summed E-state index contributed by atoms with van der Waals surface area (Å²) in [6.45, 7) is 3.64. The second kappa shape index (κ2) is 8.39. The largest absolute Gasteiger partial charge is 0.351 e. The average Bonchev–Trinajstić information content (AvgIpc) is 3.01. The molecule has 0 radical (unpaired) electrons. The van der Waals surface area contributed by atoms with Gasteiger partial charge < -0.3 is 16.4 Å². The highest BCUT2D eigenvalue weighted by atomic mass is 16.2. The predicted molar refractivity (Wildman–Crippen MR) is 109 cm³/mol. The summed E-state index contributed by atoms with van der Waals surface area (Å²) < 4.78 is 1.65. The zero-order chi connectivity index (χ0) is 21.0. The van der Waals surface area contributed by atoms with Crippen LogP contribution >= 0.6 is 0 Å². The fourth-order valence-electron chi connectivity index (χ4n) is 3.02. The highest BCUT2D eigenvalue weighted by Gasteiger charge is 2.24. The molecule has 8 heteroatoms. The molecular weight excluding hydrogens is 370 g/mol. The van der Waals surface area contributed by atoms with E-state index in [2.05, 4.69) is 15.7 Å². The Morgan fingerprint density at radius 1 is 1.00 bits per heavy atom. The van der Waals surface area contributed by atoms with E-state index in [0.29, 0.717) is 22.6 Å². The van der Waals surface area contributed by atoms with Crippen molar-refractivity contribution in [1.82, 2.24) is 15.1 Å². The van der Waals surface area contributed by atoms with Crippen LogP contribution in [0.4, 0.5) is 10.5 Å². The minimum absolute atomic E-state index is 0.173. The highest BCUT2D eigenvalue weighted by molar-refractivity contribution is 6.43. The summed E-state index contributed by atoms with van der Waals surface area (Å²) in [5.74, 6) is -1.34. The van der Waals surface area contributed by atoms with Crippen molar-refractivity contribution >= 4 is 23.4 Å². The molecule has 0 saturated heterocycles. The van der Waals surface area contributed by atoms with Gasteiger partial charge in [-0.2, -0.15) is 5.10 Å². The molecule has 4 N–H and O–H groups in total. The Balaban J connectivity index is 1.70. The van der Waals surface area contributed by atoms with Crippen molar-refractivity contribution in [3.8, 4) is 5.69 Å². The standard InChI is InChI=1S/C21H21N5O3/c1-13-18(14(2)26(25-13)17-6-4-3-5-7-17)19(27)20(28)23-12-15-8-10-16(11-9-15)24-21(22)29/h3-11H,12H2,1-2H3,(H,23,28)(H3,22,24,29). The summed E-state index contributed by atoms with van der Waals surface area (Å²) >= 11 is 0. The molecule has 0 bridgehead atoms. The third-order valence-corrected chi connectivity index (χ3v) is 4.40. The summed E-state index contributed by atoms with van der Waals surface area (Å²) in [7, 11) is 0. The molecule has 0 saturated carbocycles. The lowest BCUT2D eigenvalue weighted by atomic mass is 10.1. The van der Waals surface area contributed by atoms with Gasteiger partial charge in [0, 0.05) is 12.2 Å². The van der Waals surface area contributed by atoms with Crippen LogP contribution in [0.1, 0.15) is 27.3 Å². The zero-order valence-electron chi connectivity index (χ0n) is 16.1. The molecule has 29 heavy (non-hydrogen) atoms. The van der Waals surface area contributed by atoms with Crippen LogP contribution in [0.2, 0.25) is 0 Å². The quantitative estimate of drug-likeness (QED) is 0.442. The average molecular weight is 391 g/mol. The third kappa shape index (κ3) is 4.49. The van der Waals surface area contributed by atoms with Crippen LogP contribution < -0.4 is 16.4 Å². The van der Waals surface area contributed by atoms with E-state index in [1.807, 2.05) is 30.3 Å². The summed E-state index contributed by atoms with van der Waals surface area (Å²) in [4.78, 5) is 35.9. The van der Waals surface area contributed by atoms with Gasteiger partial charge in [-0.1, -0.05) is 30.3 Å². The number of ketones is 1. The van der Waals surface area contributed by atoms with Crippen LogP contribution in [0.3, 0.4) is 0 Å². The lowest BCUT2D eigenvalue weighted by Crippen LogP contribution is -2.31. The van der Waals surface area contributed by atoms with E-state index in [1.165, 1.54) is 0 Å². The van der Waals surface area contributed by atoms with Crippen LogP contribution in [-0.4, -0.2) is 27.5 Å². The Morgan fingerprint density at radius 3 is 2.28 bits per heavy atom. The predicted octanol–water partition coefficient (Wildman–Crippen LogP) is 2.48. The van der Waals surface area contributed by atoms with Gasteiger partial charge in [0.2, 0.25) is 0 Å². The van der Waals surface area contributed by atoms with Gasteiger partial charge in [-0.3, -0.25) is 9.59 Å². The molecule has 3 amide bonds. The van der Waals surface area contributed by atoms with E-state index in [9.17, 15) is 14.4 Å². The number of nitrogens with one attached hydrogen (secondary N) is 2. The topological polar surface area (TPSA) is 119 Å². The summed E-state index contributed by atoms with van der Waals surface area (Å²) in [6, 6.07) is 15.5. The monoisotopic (exact) mass is 391 g/mol. The van der Waals surface area contributed by atoms with Crippen LogP contribution in [-0.2, 0) is 11.3 Å². The first kappa shape index (κ1) is 19.8. The van der Waals surface area contributed by atoms with Gasteiger partial charge in [-0.15, -0.1) is 0 Å². The first-order valence-electron chi connectivity index (χ1n) is 8.96.